The van der Waals surface area contributed by atoms with Crippen LogP contribution >= 0.6 is 0 Å². The molecule has 0 saturated carbocycles. The number of carbonyl (C=O) groups is 1. The van der Waals surface area contributed by atoms with Crippen LogP contribution in [0.25, 0.3) is 0 Å². The topological polar surface area (TPSA) is 91.7 Å². The van der Waals surface area contributed by atoms with E-state index in [1.165, 1.54) is 0 Å². The van der Waals surface area contributed by atoms with Crippen LogP contribution in [0.1, 0.15) is 21.5 Å². The van der Waals surface area contributed by atoms with Gasteiger partial charge in [-0.1, -0.05) is 6.07 Å². The van der Waals surface area contributed by atoms with E-state index in [0.29, 0.717) is 5.82 Å². The number of esters is 1. The van der Waals surface area contributed by atoms with Crippen LogP contribution in [0.5, 0.6) is 0 Å². The lowest BCUT2D eigenvalue weighted by Gasteiger charge is -2.13. The Morgan fingerprint density at radius 2 is 2.00 bits per heavy atom. The van der Waals surface area contributed by atoms with Crippen LogP contribution in [0.2, 0.25) is 0 Å². The molecule has 0 fully saturated rings. The number of aliphatic hydroxyl groups excluding tert-OH is 2. The molecule has 0 spiro atoms. The zero-order valence-corrected chi connectivity index (χ0v) is 13.1. The van der Waals surface area contributed by atoms with E-state index in [-0.39, 0.29) is 12.2 Å². The molecule has 0 amide bonds. The van der Waals surface area contributed by atoms with Gasteiger partial charge in [-0.2, -0.15) is 0 Å². The smallest absolute Gasteiger partial charge is 0.342 e. The maximum atomic E-state index is 12.1. The Balaban J connectivity index is 2.18. The van der Waals surface area contributed by atoms with Gasteiger partial charge in [0.1, 0.15) is 24.1 Å². The summed E-state index contributed by atoms with van der Waals surface area (Å²) in [5.41, 5.74) is 3.28. The summed E-state index contributed by atoms with van der Waals surface area (Å²) in [5, 5.41) is 21.1. The SMILES string of the molecule is Cc1cc(C)cc(Nc2ncccc2C(=O)OCC(O)CO)c1. The van der Waals surface area contributed by atoms with Crippen LogP contribution in [0.3, 0.4) is 0 Å². The number of benzene rings is 1. The molecule has 1 atom stereocenters. The Kier molecular flexibility index (Phi) is 5.67. The van der Waals surface area contributed by atoms with E-state index in [2.05, 4.69) is 16.4 Å². The summed E-state index contributed by atoms with van der Waals surface area (Å²) in [5.74, 6) is -0.238. The first-order valence-electron chi connectivity index (χ1n) is 7.26. The van der Waals surface area contributed by atoms with E-state index in [1.807, 2.05) is 26.0 Å². The Labute approximate surface area is 134 Å². The minimum absolute atomic E-state index is 0.261. The Hall–Kier alpha value is -2.44. The monoisotopic (exact) mass is 316 g/mol. The third kappa shape index (κ3) is 4.77. The third-order valence-corrected chi connectivity index (χ3v) is 3.13. The van der Waals surface area contributed by atoms with Crippen LogP contribution in [0.4, 0.5) is 11.5 Å². The average Bonchev–Trinajstić information content (AvgIpc) is 2.51. The van der Waals surface area contributed by atoms with Crippen molar-refractivity contribution in [3.8, 4) is 0 Å². The molecule has 0 saturated heterocycles. The van der Waals surface area contributed by atoms with Crippen LogP contribution < -0.4 is 5.32 Å². The van der Waals surface area contributed by atoms with E-state index >= 15 is 0 Å². The fourth-order valence-electron chi connectivity index (χ4n) is 2.16. The van der Waals surface area contributed by atoms with Gasteiger partial charge in [0, 0.05) is 11.9 Å². The molecule has 3 N–H and O–H groups in total. The zero-order valence-electron chi connectivity index (χ0n) is 13.1. The van der Waals surface area contributed by atoms with Crippen LogP contribution in [-0.4, -0.2) is 40.5 Å². The highest BCUT2D eigenvalue weighted by Crippen LogP contribution is 2.21. The standard InChI is InChI=1S/C17H20N2O4/c1-11-6-12(2)8-13(7-11)19-16-15(4-3-5-18-16)17(22)23-10-14(21)9-20/h3-8,14,20-21H,9-10H2,1-2H3,(H,18,19). The summed E-state index contributed by atoms with van der Waals surface area (Å²) in [6, 6.07) is 9.17. The molecule has 0 bridgehead atoms. The van der Waals surface area contributed by atoms with Gasteiger partial charge in [0.05, 0.1) is 6.61 Å². The number of nitrogens with zero attached hydrogens (tertiary/aromatic N) is 1. The van der Waals surface area contributed by atoms with Gasteiger partial charge < -0.3 is 20.3 Å². The third-order valence-electron chi connectivity index (χ3n) is 3.13. The predicted octanol–water partition coefficient (Wildman–Crippen LogP) is 1.95. The molecule has 6 heteroatoms. The first kappa shape index (κ1) is 16.9. The molecule has 0 aliphatic heterocycles. The highest BCUT2D eigenvalue weighted by Gasteiger charge is 2.15. The van der Waals surface area contributed by atoms with E-state index in [0.717, 1.165) is 16.8 Å². The number of rotatable bonds is 6. The Bertz CT molecular complexity index is 668. The minimum atomic E-state index is -1.09. The van der Waals surface area contributed by atoms with Crippen molar-refractivity contribution in [3.05, 3.63) is 53.2 Å². The van der Waals surface area contributed by atoms with Gasteiger partial charge in [0.15, 0.2) is 0 Å². The summed E-state index contributed by atoms with van der Waals surface area (Å²) in [7, 11) is 0. The maximum absolute atomic E-state index is 12.1. The summed E-state index contributed by atoms with van der Waals surface area (Å²) >= 11 is 0. The van der Waals surface area contributed by atoms with Crippen molar-refractivity contribution in [3.63, 3.8) is 0 Å². The molecule has 2 rings (SSSR count). The molecule has 23 heavy (non-hydrogen) atoms. The molecule has 1 heterocycles. The van der Waals surface area contributed by atoms with E-state index in [4.69, 9.17) is 9.84 Å². The summed E-state index contributed by atoms with van der Waals surface area (Å²) < 4.78 is 4.98. The summed E-state index contributed by atoms with van der Waals surface area (Å²) in [4.78, 5) is 16.3. The number of anilines is 2. The number of pyridine rings is 1. The molecule has 0 aliphatic carbocycles. The molecule has 2 aromatic rings. The maximum Gasteiger partial charge on any atom is 0.342 e. The average molecular weight is 316 g/mol. The number of carbonyl (C=O) groups excluding carboxylic acids is 1. The quantitative estimate of drug-likeness (QED) is 0.706. The first-order valence-corrected chi connectivity index (χ1v) is 7.26. The second kappa shape index (κ2) is 7.71. The van der Waals surface area contributed by atoms with E-state index in [1.54, 1.807) is 18.3 Å². The lowest BCUT2D eigenvalue weighted by Crippen LogP contribution is -2.22. The fourth-order valence-corrected chi connectivity index (χ4v) is 2.16. The van der Waals surface area contributed by atoms with Crippen molar-refractivity contribution in [2.75, 3.05) is 18.5 Å². The van der Waals surface area contributed by atoms with Gasteiger partial charge >= 0.3 is 5.97 Å². The second-order valence-electron chi connectivity index (χ2n) is 5.34. The summed E-state index contributed by atoms with van der Waals surface area (Å²) in [6.07, 6.45) is 0.483. The molecule has 6 nitrogen and oxygen atoms in total. The highest BCUT2D eigenvalue weighted by molar-refractivity contribution is 5.95. The van der Waals surface area contributed by atoms with Gasteiger partial charge in [-0.3, -0.25) is 0 Å². The van der Waals surface area contributed by atoms with Crippen LogP contribution in [0.15, 0.2) is 36.5 Å². The lowest BCUT2D eigenvalue weighted by molar-refractivity contribution is 0.00938. The Morgan fingerprint density at radius 1 is 1.30 bits per heavy atom. The zero-order chi connectivity index (χ0) is 16.8. The van der Waals surface area contributed by atoms with Gasteiger partial charge in [0.25, 0.3) is 0 Å². The minimum Gasteiger partial charge on any atom is -0.459 e. The lowest BCUT2D eigenvalue weighted by atomic mass is 10.1. The van der Waals surface area contributed by atoms with E-state index < -0.39 is 18.7 Å². The number of aliphatic hydroxyl groups is 2. The second-order valence-corrected chi connectivity index (χ2v) is 5.34. The number of aromatic nitrogens is 1. The van der Waals surface area contributed by atoms with Crippen molar-refractivity contribution in [1.29, 1.82) is 0 Å². The van der Waals surface area contributed by atoms with Gasteiger partial charge in [-0.05, 0) is 49.2 Å². The fraction of sp³-hybridized carbons (Fsp3) is 0.294. The molecule has 0 radical (unpaired) electrons. The molecule has 0 aliphatic rings. The molecule has 122 valence electrons. The molecular formula is C17H20N2O4. The first-order chi connectivity index (χ1) is 11.0. The van der Waals surface area contributed by atoms with Crippen molar-refractivity contribution in [2.45, 2.75) is 20.0 Å². The van der Waals surface area contributed by atoms with Gasteiger partial charge in [-0.15, -0.1) is 0 Å². The van der Waals surface area contributed by atoms with Crippen molar-refractivity contribution >= 4 is 17.5 Å². The van der Waals surface area contributed by atoms with Crippen molar-refractivity contribution in [2.24, 2.45) is 0 Å². The largest absolute Gasteiger partial charge is 0.459 e. The molecule has 1 aromatic carbocycles. The molecule has 1 aromatic heterocycles. The Morgan fingerprint density at radius 3 is 2.65 bits per heavy atom. The van der Waals surface area contributed by atoms with Crippen molar-refractivity contribution in [1.82, 2.24) is 4.98 Å². The summed E-state index contributed by atoms with van der Waals surface area (Å²) in [6.45, 7) is 3.24. The van der Waals surface area contributed by atoms with Gasteiger partial charge in [-0.25, -0.2) is 9.78 Å². The van der Waals surface area contributed by atoms with Crippen molar-refractivity contribution < 1.29 is 19.7 Å². The normalized spacial score (nSPS) is 11.8. The molecular weight excluding hydrogens is 296 g/mol. The number of hydrogen-bond acceptors (Lipinski definition) is 6. The van der Waals surface area contributed by atoms with Crippen LogP contribution in [0, 0.1) is 13.8 Å². The van der Waals surface area contributed by atoms with E-state index in [9.17, 15) is 9.90 Å². The number of hydrogen-bond donors (Lipinski definition) is 3. The number of nitrogens with one attached hydrogen (secondary N) is 1. The molecule has 1 unspecified atom stereocenters. The van der Waals surface area contributed by atoms with Gasteiger partial charge in [0.2, 0.25) is 0 Å². The number of ether oxygens (including phenoxy) is 1. The number of aryl methyl sites for hydroxylation is 2. The highest BCUT2D eigenvalue weighted by atomic mass is 16.5. The predicted molar refractivity (Wildman–Crippen MR) is 86.8 cm³/mol. The van der Waals surface area contributed by atoms with Crippen LogP contribution in [-0.2, 0) is 4.74 Å².